The molecule has 10 heteroatoms. The second-order valence-corrected chi connectivity index (χ2v) is 8.39. The number of amides is 2. The fourth-order valence-electron chi connectivity index (χ4n) is 4.00. The number of carbonyl (C=O) groups is 1. The van der Waals surface area contributed by atoms with Crippen LogP contribution in [0.2, 0.25) is 0 Å². The highest BCUT2D eigenvalue weighted by Crippen LogP contribution is 2.32. The van der Waals surface area contributed by atoms with Crippen LogP contribution in [0.25, 0.3) is 11.0 Å². The highest BCUT2D eigenvalue weighted by atomic mass is 19.4. The first-order valence-corrected chi connectivity index (χ1v) is 11.1. The summed E-state index contributed by atoms with van der Waals surface area (Å²) >= 11 is 0. The number of halogens is 3. The lowest BCUT2D eigenvalue weighted by Crippen LogP contribution is -2.35. The van der Waals surface area contributed by atoms with Gasteiger partial charge in [-0.05, 0) is 49.9 Å². The molecule has 0 spiro atoms. The van der Waals surface area contributed by atoms with Gasteiger partial charge in [-0.3, -0.25) is 0 Å². The van der Waals surface area contributed by atoms with Crippen LogP contribution in [0.5, 0.6) is 0 Å². The van der Waals surface area contributed by atoms with Gasteiger partial charge in [-0.15, -0.1) is 0 Å². The van der Waals surface area contributed by atoms with E-state index in [0.717, 1.165) is 36.5 Å². The second kappa shape index (κ2) is 9.29. The second-order valence-electron chi connectivity index (χ2n) is 8.39. The molecule has 1 aliphatic heterocycles. The Labute approximate surface area is 190 Å². The molecule has 1 aromatic carbocycles. The van der Waals surface area contributed by atoms with Crippen LogP contribution in [0.1, 0.15) is 37.9 Å². The Morgan fingerprint density at radius 2 is 1.94 bits per heavy atom. The van der Waals surface area contributed by atoms with Crippen molar-refractivity contribution in [1.29, 1.82) is 0 Å². The number of urea groups is 1. The van der Waals surface area contributed by atoms with Crippen LogP contribution < -0.4 is 15.5 Å². The number of benzene rings is 1. The van der Waals surface area contributed by atoms with Gasteiger partial charge in [0.05, 0.1) is 17.4 Å². The van der Waals surface area contributed by atoms with Crippen LogP contribution in [0.15, 0.2) is 36.7 Å². The number of alkyl halides is 3. The molecule has 2 amide bonds. The highest BCUT2D eigenvalue weighted by molar-refractivity contribution is 5.92. The third kappa shape index (κ3) is 5.20. The number of hydrogen-bond acceptors (Lipinski definition) is 4. The first-order chi connectivity index (χ1) is 15.7. The number of fused-ring (bicyclic) bond motifs is 1. The van der Waals surface area contributed by atoms with E-state index >= 15 is 0 Å². The van der Waals surface area contributed by atoms with Crippen molar-refractivity contribution in [3.05, 3.63) is 47.9 Å². The van der Waals surface area contributed by atoms with E-state index in [2.05, 4.69) is 27.5 Å². The third-order valence-electron chi connectivity index (χ3n) is 5.99. The highest BCUT2D eigenvalue weighted by Gasteiger charge is 2.34. The summed E-state index contributed by atoms with van der Waals surface area (Å²) in [5, 5.41) is 5.52. The van der Waals surface area contributed by atoms with Gasteiger partial charge in [0.1, 0.15) is 11.5 Å². The van der Waals surface area contributed by atoms with E-state index in [9.17, 15) is 18.0 Å². The molecule has 1 saturated heterocycles. The minimum absolute atomic E-state index is 0.0630. The number of pyridine rings is 1. The van der Waals surface area contributed by atoms with Gasteiger partial charge in [0, 0.05) is 37.4 Å². The summed E-state index contributed by atoms with van der Waals surface area (Å²) in [6.45, 7) is 6.24. The van der Waals surface area contributed by atoms with Crippen molar-refractivity contribution in [3.8, 4) is 0 Å². The zero-order valence-electron chi connectivity index (χ0n) is 18.6. The molecule has 0 unspecified atom stereocenters. The Bertz CT molecular complexity index is 1130. The number of nitrogens with zero attached hydrogens (tertiary/aromatic N) is 4. The topological polar surface area (TPSA) is 75.1 Å². The standard InChI is InChI=1S/C23H27F3N6O/c1-3-31-14-28-18-6-5-17(12-19(18)31)29-22(33)27-13-16-4-7-20(23(24,25)26)30-21(16)32-10-8-15(2)9-11-32/h4-7,12,14-15H,3,8-11,13H2,1-2H3,(H2,27,29,33). The van der Waals surface area contributed by atoms with Gasteiger partial charge in [-0.25, -0.2) is 14.8 Å². The van der Waals surface area contributed by atoms with Gasteiger partial charge in [0.25, 0.3) is 0 Å². The third-order valence-corrected chi connectivity index (χ3v) is 5.99. The van der Waals surface area contributed by atoms with Crippen LogP contribution in [0.3, 0.4) is 0 Å². The molecule has 33 heavy (non-hydrogen) atoms. The molecular weight excluding hydrogens is 433 g/mol. The number of aromatic nitrogens is 3. The summed E-state index contributed by atoms with van der Waals surface area (Å²) in [6.07, 6.45) is -0.996. The molecule has 0 saturated carbocycles. The van der Waals surface area contributed by atoms with Crippen LogP contribution in [0, 0.1) is 5.92 Å². The predicted octanol–water partition coefficient (Wildman–Crippen LogP) is 5.03. The number of rotatable bonds is 5. The van der Waals surface area contributed by atoms with Crippen molar-refractivity contribution < 1.29 is 18.0 Å². The van der Waals surface area contributed by atoms with Gasteiger partial charge in [-0.1, -0.05) is 13.0 Å². The molecular formula is C23H27F3N6O. The Kier molecular flexibility index (Phi) is 6.44. The van der Waals surface area contributed by atoms with Crippen molar-refractivity contribution in [2.45, 2.75) is 46.0 Å². The van der Waals surface area contributed by atoms with E-state index in [1.165, 1.54) is 6.07 Å². The van der Waals surface area contributed by atoms with Gasteiger partial charge in [0.2, 0.25) is 0 Å². The lowest BCUT2D eigenvalue weighted by Gasteiger charge is -2.33. The zero-order valence-corrected chi connectivity index (χ0v) is 18.6. The maximum Gasteiger partial charge on any atom is 0.433 e. The average molecular weight is 461 g/mol. The van der Waals surface area contributed by atoms with Crippen molar-refractivity contribution in [3.63, 3.8) is 0 Å². The lowest BCUT2D eigenvalue weighted by atomic mass is 9.99. The Morgan fingerprint density at radius 3 is 2.64 bits per heavy atom. The van der Waals surface area contributed by atoms with E-state index < -0.39 is 17.9 Å². The van der Waals surface area contributed by atoms with Crippen LogP contribution in [-0.4, -0.2) is 33.7 Å². The maximum atomic E-state index is 13.3. The number of piperidine rings is 1. The summed E-state index contributed by atoms with van der Waals surface area (Å²) in [7, 11) is 0. The molecule has 176 valence electrons. The van der Waals surface area contributed by atoms with Crippen molar-refractivity contribution in [1.82, 2.24) is 19.9 Å². The number of hydrogen-bond donors (Lipinski definition) is 2. The molecule has 0 bridgehead atoms. The van der Waals surface area contributed by atoms with Crippen LogP contribution in [-0.2, 0) is 19.3 Å². The van der Waals surface area contributed by atoms with Crippen molar-refractivity contribution in [2.24, 2.45) is 5.92 Å². The minimum atomic E-state index is -4.52. The van der Waals surface area contributed by atoms with Gasteiger partial charge >= 0.3 is 12.2 Å². The number of anilines is 2. The molecule has 3 aromatic rings. The SMILES string of the molecule is CCn1cnc2ccc(NC(=O)NCc3ccc(C(F)(F)F)nc3N3CCC(C)CC3)cc21. The lowest BCUT2D eigenvalue weighted by molar-refractivity contribution is -0.141. The monoisotopic (exact) mass is 460 g/mol. The van der Waals surface area contributed by atoms with Gasteiger partial charge in [0.15, 0.2) is 0 Å². The van der Waals surface area contributed by atoms with Gasteiger partial charge < -0.3 is 20.1 Å². The molecule has 1 aliphatic rings. The first kappa shape index (κ1) is 22.9. The smallest absolute Gasteiger partial charge is 0.356 e. The summed E-state index contributed by atoms with van der Waals surface area (Å²) in [5.41, 5.74) is 1.96. The summed E-state index contributed by atoms with van der Waals surface area (Å²) in [5.74, 6) is 0.811. The largest absolute Gasteiger partial charge is 0.433 e. The molecule has 1 fully saturated rings. The van der Waals surface area contributed by atoms with E-state index in [1.807, 2.05) is 28.5 Å². The van der Waals surface area contributed by atoms with Crippen LogP contribution in [0.4, 0.5) is 29.5 Å². The predicted molar refractivity (Wildman–Crippen MR) is 121 cm³/mol. The molecule has 3 heterocycles. The molecule has 7 nitrogen and oxygen atoms in total. The Balaban J connectivity index is 1.48. The Morgan fingerprint density at radius 1 is 1.18 bits per heavy atom. The molecule has 4 rings (SSSR count). The van der Waals surface area contributed by atoms with Gasteiger partial charge in [-0.2, -0.15) is 13.2 Å². The summed E-state index contributed by atoms with van der Waals surface area (Å²) in [4.78, 5) is 22.6. The molecule has 0 atom stereocenters. The van der Waals surface area contributed by atoms with Crippen LogP contribution >= 0.6 is 0 Å². The summed E-state index contributed by atoms with van der Waals surface area (Å²) < 4.78 is 41.8. The number of nitrogens with one attached hydrogen (secondary N) is 2. The van der Waals surface area contributed by atoms with E-state index in [1.54, 1.807) is 12.4 Å². The normalized spacial score (nSPS) is 15.1. The van der Waals surface area contributed by atoms with E-state index in [4.69, 9.17) is 0 Å². The zero-order chi connectivity index (χ0) is 23.6. The molecule has 0 radical (unpaired) electrons. The number of imidazole rings is 1. The van der Waals surface area contributed by atoms with Crippen molar-refractivity contribution >= 4 is 28.6 Å². The Hall–Kier alpha value is -3.30. The van der Waals surface area contributed by atoms with E-state index in [-0.39, 0.29) is 12.4 Å². The quantitative estimate of drug-likeness (QED) is 0.560. The molecule has 2 N–H and O–H groups in total. The number of carbonyl (C=O) groups excluding carboxylic acids is 1. The number of aryl methyl sites for hydroxylation is 1. The summed E-state index contributed by atoms with van der Waals surface area (Å²) in [6, 6.07) is 7.34. The van der Waals surface area contributed by atoms with Crippen molar-refractivity contribution in [2.75, 3.05) is 23.3 Å². The maximum absolute atomic E-state index is 13.3. The van der Waals surface area contributed by atoms with E-state index in [0.29, 0.717) is 30.3 Å². The molecule has 2 aromatic heterocycles. The fourth-order valence-corrected chi connectivity index (χ4v) is 4.00. The minimum Gasteiger partial charge on any atom is -0.356 e. The fraction of sp³-hybridized carbons (Fsp3) is 0.435. The molecule has 0 aliphatic carbocycles. The first-order valence-electron chi connectivity index (χ1n) is 11.1. The average Bonchev–Trinajstić information content (AvgIpc) is 3.20.